The van der Waals surface area contributed by atoms with Gasteiger partial charge in [0.05, 0.1) is 5.41 Å². The molecule has 0 bridgehead atoms. The third kappa shape index (κ3) is 6.30. The van der Waals surface area contributed by atoms with Gasteiger partial charge in [-0.15, -0.1) is 11.3 Å². The standard InChI is InChI=1S/C71H52S/c1-46(60(42-47-22-7-3-8-23-47)57-34-21-37-67-69(57)59-33-18-20-36-66(59)72-67)48-38-41-58-64(43-48)71(51-26-11-5-12-27-51,52-28-13-6-14-29-52)65-45-61(53-30-15-16-32-56(53)68(58)65)49-39-40-55-54-31-17-19-35-62(54)70(2,63(55)44-49)50-24-9-4-10-25-50/h3-41,43-46,60H,42H2,1-2H3. The lowest BCUT2D eigenvalue weighted by atomic mass is 9.66. The van der Waals surface area contributed by atoms with E-state index in [1.807, 2.05) is 11.3 Å². The van der Waals surface area contributed by atoms with E-state index in [0.29, 0.717) is 0 Å². The maximum atomic E-state index is 2.62. The average Bonchev–Trinajstić information content (AvgIpc) is 4.07. The molecule has 342 valence electrons. The fraction of sp³-hybridized carbons (Fsp3) is 0.0986. The van der Waals surface area contributed by atoms with E-state index >= 15 is 0 Å². The number of hydrogen-bond donors (Lipinski definition) is 0. The van der Waals surface area contributed by atoms with E-state index in [0.717, 1.165) is 6.42 Å². The normalized spacial score (nSPS) is 16.0. The minimum atomic E-state index is -0.605. The van der Waals surface area contributed by atoms with Crippen molar-refractivity contribution in [2.75, 3.05) is 0 Å². The van der Waals surface area contributed by atoms with Crippen LogP contribution in [0.5, 0.6) is 0 Å². The summed E-state index contributed by atoms with van der Waals surface area (Å²) in [5, 5.41) is 5.32. The van der Waals surface area contributed by atoms with Crippen LogP contribution in [0.25, 0.3) is 64.3 Å². The van der Waals surface area contributed by atoms with Crippen molar-refractivity contribution < 1.29 is 0 Å². The smallest absolute Gasteiger partial charge is 0.0714 e. The highest BCUT2D eigenvalue weighted by atomic mass is 32.1. The van der Waals surface area contributed by atoms with E-state index in [1.54, 1.807) is 0 Å². The second kappa shape index (κ2) is 16.8. The molecule has 0 radical (unpaired) electrons. The van der Waals surface area contributed by atoms with Gasteiger partial charge in [-0.05, 0) is 149 Å². The van der Waals surface area contributed by atoms with Gasteiger partial charge >= 0.3 is 0 Å². The molecule has 2 aliphatic carbocycles. The molecular formula is C71H52S. The summed E-state index contributed by atoms with van der Waals surface area (Å²) in [6, 6.07) is 96.7. The van der Waals surface area contributed by atoms with E-state index < -0.39 is 5.41 Å². The first-order valence-corrected chi connectivity index (χ1v) is 26.4. The third-order valence-corrected chi connectivity index (χ3v) is 18.0. The van der Waals surface area contributed by atoms with Crippen molar-refractivity contribution in [3.8, 4) is 33.4 Å². The van der Waals surface area contributed by atoms with Crippen molar-refractivity contribution in [1.29, 1.82) is 0 Å². The van der Waals surface area contributed by atoms with E-state index in [4.69, 9.17) is 0 Å². The second-order valence-electron chi connectivity index (χ2n) is 20.4. The van der Waals surface area contributed by atoms with Gasteiger partial charge in [0.25, 0.3) is 0 Å². The Morgan fingerprint density at radius 3 is 1.72 bits per heavy atom. The Kier molecular flexibility index (Phi) is 9.95. The van der Waals surface area contributed by atoms with Crippen LogP contribution in [0.4, 0.5) is 0 Å². The van der Waals surface area contributed by atoms with Gasteiger partial charge in [-0.3, -0.25) is 0 Å². The monoisotopic (exact) mass is 936 g/mol. The van der Waals surface area contributed by atoms with Crippen LogP contribution >= 0.6 is 11.3 Å². The van der Waals surface area contributed by atoms with Gasteiger partial charge in [-0.1, -0.05) is 237 Å². The molecule has 3 unspecified atom stereocenters. The highest BCUT2D eigenvalue weighted by Gasteiger charge is 2.48. The van der Waals surface area contributed by atoms with Crippen molar-refractivity contribution in [3.63, 3.8) is 0 Å². The molecule has 0 nitrogen and oxygen atoms in total. The molecule has 2 aliphatic rings. The number of benzene rings is 11. The third-order valence-electron chi connectivity index (χ3n) is 16.8. The summed E-state index contributed by atoms with van der Waals surface area (Å²) < 4.78 is 2.70. The Morgan fingerprint density at radius 1 is 0.403 bits per heavy atom. The Bertz CT molecular complexity index is 4000. The zero-order valence-electron chi connectivity index (χ0n) is 40.5. The first kappa shape index (κ1) is 42.8. The van der Waals surface area contributed by atoms with Gasteiger partial charge in [0.2, 0.25) is 0 Å². The van der Waals surface area contributed by atoms with E-state index in [2.05, 4.69) is 269 Å². The van der Waals surface area contributed by atoms with Crippen molar-refractivity contribution >= 4 is 42.3 Å². The molecule has 0 N–H and O–H groups in total. The molecule has 0 aliphatic heterocycles. The second-order valence-corrected chi connectivity index (χ2v) is 21.5. The number of hydrogen-bond acceptors (Lipinski definition) is 1. The lowest BCUT2D eigenvalue weighted by Gasteiger charge is -2.35. The van der Waals surface area contributed by atoms with Crippen molar-refractivity contribution in [1.82, 2.24) is 0 Å². The molecule has 3 atom stereocenters. The minimum Gasteiger partial charge on any atom is -0.135 e. The van der Waals surface area contributed by atoms with E-state index in [-0.39, 0.29) is 17.3 Å². The van der Waals surface area contributed by atoms with Crippen LogP contribution in [-0.2, 0) is 17.3 Å². The molecule has 1 heteroatoms. The van der Waals surface area contributed by atoms with E-state index in [9.17, 15) is 0 Å². The van der Waals surface area contributed by atoms with Crippen molar-refractivity contribution in [2.45, 2.75) is 42.9 Å². The topological polar surface area (TPSA) is 0 Å². The molecule has 72 heavy (non-hydrogen) atoms. The first-order valence-electron chi connectivity index (χ1n) is 25.6. The molecule has 0 saturated heterocycles. The summed E-state index contributed by atoms with van der Waals surface area (Å²) >= 11 is 1.91. The molecule has 1 aromatic heterocycles. The van der Waals surface area contributed by atoms with Crippen LogP contribution in [0.3, 0.4) is 0 Å². The summed E-state index contributed by atoms with van der Waals surface area (Å²) in [4.78, 5) is 0. The average molecular weight is 937 g/mol. The van der Waals surface area contributed by atoms with Gasteiger partial charge in [0.15, 0.2) is 0 Å². The van der Waals surface area contributed by atoms with Gasteiger partial charge < -0.3 is 0 Å². The molecule has 14 rings (SSSR count). The predicted molar refractivity (Wildman–Crippen MR) is 305 cm³/mol. The number of fused-ring (bicyclic) bond motifs is 11. The molecular weight excluding hydrogens is 885 g/mol. The van der Waals surface area contributed by atoms with Crippen LogP contribution in [0, 0.1) is 0 Å². The van der Waals surface area contributed by atoms with Crippen molar-refractivity contribution in [2.24, 2.45) is 0 Å². The number of thiophene rings is 1. The van der Waals surface area contributed by atoms with E-state index in [1.165, 1.54) is 120 Å². The summed E-state index contributed by atoms with van der Waals surface area (Å²) in [7, 11) is 0. The first-order chi connectivity index (χ1) is 35.5. The Hall–Kier alpha value is -8.10. The maximum absolute atomic E-state index is 2.62. The van der Waals surface area contributed by atoms with Gasteiger partial charge in [0.1, 0.15) is 0 Å². The molecule has 0 saturated carbocycles. The Morgan fingerprint density at radius 2 is 0.986 bits per heavy atom. The van der Waals surface area contributed by atoms with Crippen LogP contribution in [0.2, 0.25) is 0 Å². The summed E-state index contributed by atoms with van der Waals surface area (Å²) in [5.74, 6) is 0.410. The molecule has 0 fully saturated rings. The van der Waals surface area contributed by atoms with Crippen LogP contribution in [-0.4, -0.2) is 0 Å². The van der Waals surface area contributed by atoms with Crippen LogP contribution < -0.4 is 0 Å². The zero-order chi connectivity index (χ0) is 48.0. The summed E-state index contributed by atoms with van der Waals surface area (Å²) in [6.07, 6.45) is 0.939. The van der Waals surface area contributed by atoms with Gasteiger partial charge in [0, 0.05) is 25.6 Å². The highest BCUT2D eigenvalue weighted by Crippen LogP contribution is 2.61. The summed E-state index contributed by atoms with van der Waals surface area (Å²) in [6.45, 7) is 4.91. The molecule has 0 amide bonds. The maximum Gasteiger partial charge on any atom is 0.0714 e. The summed E-state index contributed by atoms with van der Waals surface area (Å²) in [5.41, 5.74) is 20.3. The van der Waals surface area contributed by atoms with Crippen molar-refractivity contribution in [3.05, 3.63) is 310 Å². The molecule has 12 aromatic rings. The van der Waals surface area contributed by atoms with Crippen LogP contribution in [0.1, 0.15) is 81.3 Å². The molecule has 1 heterocycles. The largest absolute Gasteiger partial charge is 0.135 e. The lowest BCUT2D eigenvalue weighted by Crippen LogP contribution is -2.29. The number of rotatable bonds is 9. The van der Waals surface area contributed by atoms with Crippen LogP contribution in [0.15, 0.2) is 255 Å². The fourth-order valence-corrected chi connectivity index (χ4v) is 14.5. The minimum absolute atomic E-state index is 0.189. The highest BCUT2D eigenvalue weighted by molar-refractivity contribution is 7.25. The van der Waals surface area contributed by atoms with Gasteiger partial charge in [-0.25, -0.2) is 0 Å². The SMILES string of the molecule is CC(c1ccc2c(c1)C(c1ccccc1)(c1ccccc1)c1cc(-c3ccc4c(c3)C(C)(c3ccccc3)c3ccccc3-4)c3ccccc3c1-2)C(Cc1ccccc1)c1cccc2sc3ccccc3c12. The fourth-order valence-electron chi connectivity index (χ4n) is 13.4. The zero-order valence-corrected chi connectivity index (χ0v) is 41.3. The van der Waals surface area contributed by atoms with Gasteiger partial charge in [-0.2, -0.15) is 0 Å². The Labute approximate surface area is 426 Å². The molecule has 0 spiro atoms. The predicted octanol–water partition coefficient (Wildman–Crippen LogP) is 18.7. The quantitative estimate of drug-likeness (QED) is 0.135. The Balaban J connectivity index is 1.01. The lowest BCUT2D eigenvalue weighted by molar-refractivity contribution is 0.575. The molecule has 11 aromatic carbocycles.